The van der Waals surface area contributed by atoms with E-state index < -0.39 is 0 Å². The van der Waals surface area contributed by atoms with Crippen molar-refractivity contribution in [1.29, 1.82) is 0 Å². The molecule has 1 aromatic heterocycles. The molecular weight excluding hydrogens is 250 g/mol. The third-order valence-corrected chi connectivity index (χ3v) is 3.87. The number of anilines is 1. The molecule has 4 rings (SSSR count). The highest BCUT2D eigenvalue weighted by atomic mass is 16.2. The summed E-state index contributed by atoms with van der Waals surface area (Å²) in [5.41, 5.74) is 2.54. The number of aromatic nitrogens is 1. The van der Waals surface area contributed by atoms with Gasteiger partial charge in [0.1, 0.15) is 6.17 Å². The molecule has 0 unspecified atom stereocenters. The molecule has 2 aromatic rings. The summed E-state index contributed by atoms with van der Waals surface area (Å²) in [6, 6.07) is 13.8. The van der Waals surface area contributed by atoms with Crippen LogP contribution >= 0.6 is 0 Å². The number of nitrogens with zero attached hydrogens (tertiary/aromatic N) is 2. The third-order valence-electron chi connectivity index (χ3n) is 3.87. The smallest absolute Gasteiger partial charge is 0.258 e. The number of pyridine rings is 1. The van der Waals surface area contributed by atoms with Crippen molar-refractivity contribution in [3.05, 3.63) is 59.9 Å². The number of benzene rings is 1. The van der Waals surface area contributed by atoms with Crippen molar-refractivity contribution >= 4 is 11.6 Å². The lowest BCUT2D eigenvalue weighted by molar-refractivity contribution is 0.0662. The molecule has 4 nitrogen and oxygen atoms in total. The van der Waals surface area contributed by atoms with Crippen LogP contribution < -0.4 is 5.32 Å². The minimum atomic E-state index is -0.161. The molecule has 2 heterocycles. The van der Waals surface area contributed by atoms with Gasteiger partial charge in [0.2, 0.25) is 0 Å². The van der Waals surface area contributed by atoms with Crippen LogP contribution in [0, 0.1) is 0 Å². The molecule has 20 heavy (non-hydrogen) atoms. The Kier molecular flexibility index (Phi) is 2.49. The van der Waals surface area contributed by atoms with Crippen molar-refractivity contribution < 1.29 is 4.79 Å². The maximum absolute atomic E-state index is 12.7. The van der Waals surface area contributed by atoms with Crippen LogP contribution in [0.1, 0.15) is 35.1 Å². The summed E-state index contributed by atoms with van der Waals surface area (Å²) in [4.78, 5) is 19.1. The minimum absolute atomic E-state index is 0.109. The van der Waals surface area contributed by atoms with Gasteiger partial charge in [0.25, 0.3) is 5.91 Å². The third kappa shape index (κ3) is 1.76. The summed E-state index contributed by atoms with van der Waals surface area (Å²) in [5, 5.41) is 3.46. The molecular formula is C16H15N3O. The van der Waals surface area contributed by atoms with Crippen LogP contribution in [0.5, 0.6) is 0 Å². The average Bonchev–Trinajstić information content (AvgIpc) is 3.33. The quantitative estimate of drug-likeness (QED) is 0.908. The number of para-hydroxylation sites is 1. The molecule has 1 amide bonds. The molecule has 1 aromatic carbocycles. The van der Waals surface area contributed by atoms with Gasteiger partial charge in [0.05, 0.1) is 11.3 Å². The number of carbonyl (C=O) groups excluding carboxylic acids is 1. The zero-order valence-corrected chi connectivity index (χ0v) is 11.0. The second kappa shape index (κ2) is 4.34. The van der Waals surface area contributed by atoms with Crippen molar-refractivity contribution in [2.24, 2.45) is 0 Å². The van der Waals surface area contributed by atoms with E-state index in [0.717, 1.165) is 29.8 Å². The van der Waals surface area contributed by atoms with E-state index in [-0.39, 0.29) is 12.1 Å². The largest absolute Gasteiger partial charge is 0.359 e. The molecule has 1 saturated carbocycles. The first kappa shape index (κ1) is 11.5. The first-order valence-electron chi connectivity index (χ1n) is 6.94. The van der Waals surface area contributed by atoms with Crippen LogP contribution in [-0.4, -0.2) is 21.8 Å². The lowest BCUT2D eigenvalue weighted by atomic mass is 10.1. The van der Waals surface area contributed by atoms with Crippen LogP contribution in [-0.2, 0) is 0 Å². The summed E-state index contributed by atoms with van der Waals surface area (Å²) in [7, 11) is 0. The van der Waals surface area contributed by atoms with Crippen LogP contribution in [0.2, 0.25) is 0 Å². The monoisotopic (exact) mass is 265 g/mol. The Balaban J connectivity index is 1.80. The first-order chi connectivity index (χ1) is 9.84. The summed E-state index contributed by atoms with van der Waals surface area (Å²) in [6.07, 6.45) is 3.77. The van der Waals surface area contributed by atoms with Gasteiger partial charge in [-0.25, -0.2) is 0 Å². The molecule has 0 radical (unpaired) electrons. The lowest BCUT2D eigenvalue weighted by Gasteiger charge is -2.37. The summed E-state index contributed by atoms with van der Waals surface area (Å²) in [5.74, 6) is 0.109. The standard InChI is InChI=1S/C16H15N3O/c20-16-12-5-1-2-6-13(12)18-15(19(16)11-8-9-11)14-7-3-4-10-17-14/h1-7,10-11,15,18H,8-9H2/t15-/m0/s1. The van der Waals surface area contributed by atoms with Gasteiger partial charge in [-0.05, 0) is 37.1 Å². The summed E-state index contributed by atoms with van der Waals surface area (Å²) >= 11 is 0. The Morgan fingerprint density at radius 3 is 2.65 bits per heavy atom. The fourth-order valence-corrected chi connectivity index (χ4v) is 2.75. The number of nitrogens with one attached hydrogen (secondary N) is 1. The maximum Gasteiger partial charge on any atom is 0.258 e. The first-order valence-corrected chi connectivity index (χ1v) is 6.94. The highest BCUT2D eigenvalue weighted by Crippen LogP contribution is 2.39. The maximum atomic E-state index is 12.7. The second-order valence-corrected chi connectivity index (χ2v) is 5.29. The van der Waals surface area contributed by atoms with Gasteiger partial charge in [-0.15, -0.1) is 0 Å². The minimum Gasteiger partial charge on any atom is -0.359 e. The number of carbonyl (C=O) groups is 1. The molecule has 0 spiro atoms. The van der Waals surface area contributed by atoms with Gasteiger partial charge < -0.3 is 10.2 Å². The Morgan fingerprint density at radius 1 is 1.10 bits per heavy atom. The number of hydrogen-bond donors (Lipinski definition) is 1. The van der Waals surface area contributed by atoms with Gasteiger partial charge in [0, 0.05) is 17.9 Å². The van der Waals surface area contributed by atoms with Crippen molar-refractivity contribution in [3.63, 3.8) is 0 Å². The van der Waals surface area contributed by atoms with Gasteiger partial charge in [0.15, 0.2) is 0 Å². The average molecular weight is 265 g/mol. The molecule has 100 valence electrons. The molecule has 1 N–H and O–H groups in total. The molecule has 1 aliphatic heterocycles. The van der Waals surface area contributed by atoms with E-state index in [2.05, 4.69) is 10.3 Å². The number of amides is 1. The molecule has 0 bridgehead atoms. The van der Waals surface area contributed by atoms with E-state index in [0.29, 0.717) is 6.04 Å². The predicted octanol–water partition coefficient (Wildman–Crippen LogP) is 2.81. The van der Waals surface area contributed by atoms with Crippen LogP contribution in [0.25, 0.3) is 0 Å². The van der Waals surface area contributed by atoms with E-state index in [1.807, 2.05) is 47.4 Å². The van der Waals surface area contributed by atoms with E-state index in [9.17, 15) is 4.79 Å². The Morgan fingerprint density at radius 2 is 1.90 bits per heavy atom. The molecule has 1 aliphatic carbocycles. The molecule has 4 heteroatoms. The van der Waals surface area contributed by atoms with Gasteiger partial charge >= 0.3 is 0 Å². The number of hydrogen-bond acceptors (Lipinski definition) is 3. The van der Waals surface area contributed by atoms with Crippen molar-refractivity contribution in [2.45, 2.75) is 25.0 Å². The second-order valence-electron chi connectivity index (χ2n) is 5.29. The van der Waals surface area contributed by atoms with Crippen molar-refractivity contribution in [2.75, 3.05) is 5.32 Å². The topological polar surface area (TPSA) is 45.2 Å². The van der Waals surface area contributed by atoms with E-state index in [4.69, 9.17) is 0 Å². The number of fused-ring (bicyclic) bond motifs is 1. The Labute approximate surface area is 117 Å². The highest BCUT2D eigenvalue weighted by molar-refractivity contribution is 6.02. The van der Waals surface area contributed by atoms with Gasteiger partial charge in [-0.3, -0.25) is 9.78 Å². The molecule has 1 atom stereocenters. The zero-order valence-electron chi connectivity index (χ0n) is 11.0. The van der Waals surface area contributed by atoms with E-state index in [1.54, 1.807) is 6.20 Å². The Hall–Kier alpha value is -2.36. The lowest BCUT2D eigenvalue weighted by Crippen LogP contribution is -2.44. The zero-order chi connectivity index (χ0) is 13.5. The predicted molar refractivity (Wildman–Crippen MR) is 76.2 cm³/mol. The van der Waals surface area contributed by atoms with Crippen LogP contribution in [0.3, 0.4) is 0 Å². The van der Waals surface area contributed by atoms with Gasteiger partial charge in [-0.2, -0.15) is 0 Å². The highest BCUT2D eigenvalue weighted by Gasteiger charge is 2.42. The van der Waals surface area contributed by atoms with Crippen molar-refractivity contribution in [1.82, 2.24) is 9.88 Å². The fourth-order valence-electron chi connectivity index (χ4n) is 2.75. The molecule has 2 aliphatic rings. The van der Waals surface area contributed by atoms with E-state index in [1.165, 1.54) is 0 Å². The fraction of sp³-hybridized carbons (Fsp3) is 0.250. The van der Waals surface area contributed by atoms with Crippen LogP contribution in [0.15, 0.2) is 48.7 Å². The van der Waals surface area contributed by atoms with Gasteiger partial charge in [-0.1, -0.05) is 18.2 Å². The SMILES string of the molecule is O=C1c2ccccc2N[C@H](c2ccccn2)N1C1CC1. The number of rotatable bonds is 2. The van der Waals surface area contributed by atoms with Crippen molar-refractivity contribution in [3.8, 4) is 0 Å². The van der Waals surface area contributed by atoms with E-state index >= 15 is 0 Å². The molecule has 0 saturated heterocycles. The Bertz CT molecular complexity index is 652. The molecule has 1 fully saturated rings. The summed E-state index contributed by atoms with van der Waals surface area (Å²) in [6.45, 7) is 0. The summed E-state index contributed by atoms with van der Waals surface area (Å²) < 4.78 is 0. The normalized spacial score (nSPS) is 21.3. The van der Waals surface area contributed by atoms with Crippen LogP contribution in [0.4, 0.5) is 5.69 Å².